The number of aromatic nitrogens is 2. The molecule has 5 nitrogen and oxygen atoms in total. The molecule has 0 bridgehead atoms. The molecule has 122 valence electrons. The molecule has 0 radical (unpaired) electrons. The van der Waals surface area contributed by atoms with Crippen LogP contribution in [0.1, 0.15) is 27.2 Å². The number of amides is 1. The summed E-state index contributed by atoms with van der Waals surface area (Å²) in [4.78, 5) is 12.2. The van der Waals surface area contributed by atoms with Crippen molar-refractivity contribution in [3.05, 3.63) is 70.9 Å². The van der Waals surface area contributed by atoms with Gasteiger partial charge in [-0.05, 0) is 37.6 Å². The van der Waals surface area contributed by atoms with Crippen LogP contribution in [0, 0.1) is 13.8 Å². The molecule has 0 atom stereocenters. The number of phenols is 1. The summed E-state index contributed by atoms with van der Waals surface area (Å²) in [6, 6.07) is 14.9. The van der Waals surface area contributed by atoms with Crippen molar-refractivity contribution in [1.82, 2.24) is 15.5 Å². The Morgan fingerprint density at radius 3 is 2.54 bits per heavy atom. The number of hydrogen-bond acceptors (Lipinski definition) is 3. The van der Waals surface area contributed by atoms with Crippen molar-refractivity contribution < 1.29 is 9.90 Å². The number of aromatic hydroxyl groups is 1. The number of carbonyl (C=O) groups excluding carboxylic acids is 1. The van der Waals surface area contributed by atoms with Gasteiger partial charge in [-0.3, -0.25) is 9.89 Å². The number of aromatic amines is 1. The highest BCUT2D eigenvalue weighted by atomic mass is 16.3. The summed E-state index contributed by atoms with van der Waals surface area (Å²) in [5, 5.41) is 19.7. The van der Waals surface area contributed by atoms with Gasteiger partial charge in [0.1, 0.15) is 11.4 Å². The SMILES string of the molecule is Cc1ccc(CNC(=O)c2cc(-c3cc(C)ccc3O)n[nH]2)cc1. The number of aryl methyl sites for hydroxylation is 2. The van der Waals surface area contributed by atoms with E-state index < -0.39 is 0 Å². The Hall–Kier alpha value is -3.08. The molecule has 24 heavy (non-hydrogen) atoms. The monoisotopic (exact) mass is 321 g/mol. The highest BCUT2D eigenvalue weighted by Crippen LogP contribution is 2.28. The normalized spacial score (nSPS) is 10.6. The van der Waals surface area contributed by atoms with Crippen LogP contribution in [0.4, 0.5) is 0 Å². The Kier molecular flexibility index (Phi) is 4.33. The Morgan fingerprint density at radius 2 is 1.79 bits per heavy atom. The van der Waals surface area contributed by atoms with Crippen molar-refractivity contribution in [2.75, 3.05) is 0 Å². The van der Waals surface area contributed by atoms with Crippen molar-refractivity contribution in [2.24, 2.45) is 0 Å². The zero-order chi connectivity index (χ0) is 17.1. The van der Waals surface area contributed by atoms with Crippen LogP contribution in [0.15, 0.2) is 48.5 Å². The van der Waals surface area contributed by atoms with E-state index in [0.29, 0.717) is 23.5 Å². The Balaban J connectivity index is 1.71. The first-order chi connectivity index (χ1) is 11.5. The van der Waals surface area contributed by atoms with Gasteiger partial charge in [0.15, 0.2) is 0 Å². The third kappa shape index (κ3) is 3.46. The van der Waals surface area contributed by atoms with Gasteiger partial charge in [0.25, 0.3) is 5.91 Å². The molecule has 1 aromatic heterocycles. The summed E-state index contributed by atoms with van der Waals surface area (Å²) < 4.78 is 0. The lowest BCUT2D eigenvalue weighted by molar-refractivity contribution is 0.0946. The van der Waals surface area contributed by atoms with E-state index >= 15 is 0 Å². The standard InChI is InChI=1S/C19H19N3O2/c1-12-3-6-14(7-4-12)11-20-19(24)17-10-16(21-22-17)15-9-13(2)5-8-18(15)23/h3-10,23H,11H2,1-2H3,(H,20,24)(H,21,22). The van der Waals surface area contributed by atoms with Gasteiger partial charge in [-0.25, -0.2) is 0 Å². The predicted molar refractivity (Wildman–Crippen MR) is 92.8 cm³/mol. The summed E-state index contributed by atoms with van der Waals surface area (Å²) >= 11 is 0. The second kappa shape index (κ2) is 6.58. The van der Waals surface area contributed by atoms with Gasteiger partial charge in [0.05, 0.1) is 5.69 Å². The zero-order valence-corrected chi connectivity index (χ0v) is 13.6. The molecule has 0 fully saturated rings. The van der Waals surface area contributed by atoms with Gasteiger partial charge >= 0.3 is 0 Å². The van der Waals surface area contributed by atoms with E-state index in [2.05, 4.69) is 15.5 Å². The molecule has 5 heteroatoms. The summed E-state index contributed by atoms with van der Waals surface area (Å²) in [5.74, 6) is -0.0971. The largest absolute Gasteiger partial charge is 0.507 e. The van der Waals surface area contributed by atoms with Gasteiger partial charge in [0.2, 0.25) is 0 Å². The van der Waals surface area contributed by atoms with Crippen LogP contribution in [-0.2, 0) is 6.54 Å². The number of hydrogen-bond donors (Lipinski definition) is 3. The average molecular weight is 321 g/mol. The molecule has 3 rings (SSSR count). The minimum atomic E-state index is -0.235. The number of nitrogens with one attached hydrogen (secondary N) is 2. The van der Waals surface area contributed by atoms with E-state index in [1.807, 2.05) is 50.2 Å². The van der Waals surface area contributed by atoms with Crippen molar-refractivity contribution >= 4 is 5.91 Å². The summed E-state index contributed by atoms with van der Waals surface area (Å²) in [5.41, 5.74) is 4.72. The summed E-state index contributed by atoms with van der Waals surface area (Å²) in [6.45, 7) is 4.41. The molecule has 0 unspecified atom stereocenters. The second-order valence-electron chi connectivity index (χ2n) is 5.86. The van der Waals surface area contributed by atoms with Gasteiger partial charge in [-0.1, -0.05) is 41.5 Å². The number of benzene rings is 2. The van der Waals surface area contributed by atoms with E-state index in [4.69, 9.17) is 0 Å². The molecule has 2 aromatic carbocycles. The maximum absolute atomic E-state index is 12.2. The number of H-pyrrole nitrogens is 1. The maximum atomic E-state index is 12.2. The molecule has 0 aliphatic heterocycles. The molecule has 0 saturated heterocycles. The number of rotatable bonds is 4. The van der Waals surface area contributed by atoms with Crippen LogP contribution in [0.25, 0.3) is 11.3 Å². The van der Waals surface area contributed by atoms with Gasteiger partial charge in [-0.15, -0.1) is 0 Å². The van der Waals surface area contributed by atoms with E-state index in [1.165, 1.54) is 5.56 Å². The maximum Gasteiger partial charge on any atom is 0.269 e. The quantitative estimate of drug-likeness (QED) is 0.690. The lowest BCUT2D eigenvalue weighted by Gasteiger charge is -2.04. The van der Waals surface area contributed by atoms with Crippen molar-refractivity contribution in [1.29, 1.82) is 0 Å². The smallest absolute Gasteiger partial charge is 0.269 e. The Bertz CT molecular complexity index is 867. The summed E-state index contributed by atoms with van der Waals surface area (Å²) in [6.07, 6.45) is 0. The first kappa shape index (κ1) is 15.8. The topological polar surface area (TPSA) is 78.0 Å². The van der Waals surface area contributed by atoms with Crippen LogP contribution in [0.3, 0.4) is 0 Å². The zero-order valence-electron chi connectivity index (χ0n) is 13.6. The van der Waals surface area contributed by atoms with E-state index in [-0.39, 0.29) is 11.7 Å². The molecular formula is C19H19N3O2. The van der Waals surface area contributed by atoms with Crippen LogP contribution in [-0.4, -0.2) is 21.2 Å². The second-order valence-corrected chi connectivity index (χ2v) is 5.86. The van der Waals surface area contributed by atoms with Crippen molar-refractivity contribution in [3.8, 4) is 17.0 Å². The highest BCUT2D eigenvalue weighted by molar-refractivity contribution is 5.93. The fraction of sp³-hybridized carbons (Fsp3) is 0.158. The first-order valence-corrected chi connectivity index (χ1v) is 7.72. The molecule has 3 N–H and O–H groups in total. The van der Waals surface area contributed by atoms with Crippen LogP contribution in [0.2, 0.25) is 0 Å². The predicted octanol–water partition coefficient (Wildman–Crippen LogP) is 3.33. The minimum Gasteiger partial charge on any atom is -0.507 e. The average Bonchev–Trinajstić information content (AvgIpc) is 3.06. The minimum absolute atomic E-state index is 0.138. The number of nitrogens with zero attached hydrogens (tertiary/aromatic N) is 1. The fourth-order valence-electron chi connectivity index (χ4n) is 2.41. The summed E-state index contributed by atoms with van der Waals surface area (Å²) in [7, 11) is 0. The molecule has 0 spiro atoms. The van der Waals surface area contributed by atoms with Gasteiger partial charge in [-0.2, -0.15) is 5.10 Å². The van der Waals surface area contributed by atoms with E-state index in [9.17, 15) is 9.90 Å². The molecule has 0 saturated carbocycles. The van der Waals surface area contributed by atoms with E-state index in [0.717, 1.165) is 11.1 Å². The van der Waals surface area contributed by atoms with E-state index in [1.54, 1.807) is 12.1 Å². The van der Waals surface area contributed by atoms with Crippen LogP contribution >= 0.6 is 0 Å². The number of phenolic OH excluding ortho intramolecular Hbond substituents is 1. The Morgan fingerprint density at radius 1 is 1.08 bits per heavy atom. The molecule has 0 aliphatic carbocycles. The van der Waals surface area contributed by atoms with Gasteiger partial charge in [0, 0.05) is 12.1 Å². The van der Waals surface area contributed by atoms with Crippen LogP contribution in [0.5, 0.6) is 5.75 Å². The molecule has 0 aliphatic rings. The highest BCUT2D eigenvalue weighted by Gasteiger charge is 2.13. The first-order valence-electron chi connectivity index (χ1n) is 7.72. The Labute approximate surface area is 140 Å². The van der Waals surface area contributed by atoms with Crippen molar-refractivity contribution in [3.63, 3.8) is 0 Å². The number of carbonyl (C=O) groups is 1. The molecule has 3 aromatic rings. The third-order valence-electron chi connectivity index (χ3n) is 3.82. The van der Waals surface area contributed by atoms with Crippen molar-refractivity contribution in [2.45, 2.75) is 20.4 Å². The van der Waals surface area contributed by atoms with Crippen LogP contribution < -0.4 is 5.32 Å². The molecule has 1 amide bonds. The lowest BCUT2D eigenvalue weighted by atomic mass is 10.1. The molecular weight excluding hydrogens is 302 g/mol. The lowest BCUT2D eigenvalue weighted by Crippen LogP contribution is -2.23. The third-order valence-corrected chi connectivity index (χ3v) is 3.82. The fourth-order valence-corrected chi connectivity index (χ4v) is 2.41. The molecule has 1 heterocycles. The van der Waals surface area contributed by atoms with Gasteiger partial charge < -0.3 is 10.4 Å².